The van der Waals surface area contributed by atoms with Crippen LogP contribution in [0.1, 0.15) is 23.1 Å². The lowest BCUT2D eigenvalue weighted by atomic mass is 10.2. The van der Waals surface area contributed by atoms with Crippen LogP contribution in [-0.4, -0.2) is 28.8 Å². The molecule has 23 heavy (non-hydrogen) atoms. The first-order valence-corrected chi connectivity index (χ1v) is 7.19. The van der Waals surface area contributed by atoms with E-state index in [1.807, 2.05) is 0 Å². The Morgan fingerprint density at radius 1 is 1.09 bits per heavy atom. The molecule has 0 atom stereocenters. The topological polar surface area (TPSA) is 96.0 Å². The van der Waals surface area contributed by atoms with Crippen LogP contribution in [0.15, 0.2) is 24.3 Å². The van der Waals surface area contributed by atoms with Crippen LogP contribution in [0, 0.1) is 6.92 Å². The summed E-state index contributed by atoms with van der Waals surface area (Å²) in [5.74, 6) is -0.326. The Kier molecular flexibility index (Phi) is 5.13. The predicted octanol–water partition coefficient (Wildman–Crippen LogP) is 2.69. The van der Waals surface area contributed by atoms with Gasteiger partial charge in [-0.2, -0.15) is 0 Å². The van der Waals surface area contributed by atoms with Gasteiger partial charge < -0.3 is 16.0 Å². The largest absolute Gasteiger partial charge is 0.357 e. The minimum atomic E-state index is -0.416. The van der Waals surface area contributed by atoms with Crippen LogP contribution < -0.4 is 16.0 Å². The summed E-state index contributed by atoms with van der Waals surface area (Å²) >= 11 is 5.92. The van der Waals surface area contributed by atoms with Crippen molar-refractivity contribution in [2.24, 2.45) is 0 Å². The fraction of sp³-hybridized carbons (Fsp3) is 0.200. The fourth-order valence-corrected chi connectivity index (χ4v) is 2.07. The number of anilines is 3. The second-order valence-electron chi connectivity index (χ2n) is 4.79. The molecule has 0 bridgehead atoms. The lowest BCUT2D eigenvalue weighted by Crippen LogP contribution is -2.17. The monoisotopic (exact) mass is 333 g/mol. The lowest BCUT2D eigenvalue weighted by molar-refractivity contribution is -0.114. The van der Waals surface area contributed by atoms with Crippen LogP contribution in [0.2, 0.25) is 5.02 Å². The molecule has 0 saturated carbocycles. The number of nitrogens with one attached hydrogen (secondary N) is 3. The molecule has 0 aliphatic rings. The molecule has 2 amide bonds. The van der Waals surface area contributed by atoms with Gasteiger partial charge in [-0.25, -0.2) is 9.97 Å². The molecule has 120 valence electrons. The van der Waals surface area contributed by atoms with E-state index < -0.39 is 5.91 Å². The maximum absolute atomic E-state index is 12.4. The predicted molar refractivity (Wildman–Crippen MR) is 90.0 cm³/mol. The van der Waals surface area contributed by atoms with Gasteiger partial charge in [0.05, 0.1) is 11.4 Å². The van der Waals surface area contributed by atoms with Crippen molar-refractivity contribution in [3.8, 4) is 0 Å². The molecule has 7 nitrogen and oxygen atoms in total. The third-order valence-corrected chi connectivity index (χ3v) is 3.09. The Morgan fingerprint density at radius 3 is 2.48 bits per heavy atom. The van der Waals surface area contributed by atoms with Crippen LogP contribution in [0.3, 0.4) is 0 Å². The van der Waals surface area contributed by atoms with Crippen LogP contribution >= 0.6 is 11.6 Å². The smallest absolute Gasteiger partial charge is 0.274 e. The summed E-state index contributed by atoms with van der Waals surface area (Å²) in [6, 6.07) is 6.36. The van der Waals surface area contributed by atoms with Gasteiger partial charge in [-0.3, -0.25) is 9.59 Å². The van der Waals surface area contributed by atoms with Crippen molar-refractivity contribution in [1.29, 1.82) is 0 Å². The van der Waals surface area contributed by atoms with Gasteiger partial charge in [0, 0.05) is 24.7 Å². The number of amides is 2. The van der Waals surface area contributed by atoms with E-state index in [1.165, 1.54) is 6.92 Å². The summed E-state index contributed by atoms with van der Waals surface area (Å²) in [7, 11) is 1.67. The highest BCUT2D eigenvalue weighted by Crippen LogP contribution is 2.26. The molecule has 8 heteroatoms. The van der Waals surface area contributed by atoms with E-state index in [1.54, 1.807) is 38.2 Å². The molecule has 3 N–H and O–H groups in total. The SMILES string of the molecule is CNc1nc(C)cc(C(=O)Nc2ccc(Cl)cc2NC(C)=O)n1. The molecule has 1 aromatic heterocycles. The van der Waals surface area contributed by atoms with E-state index in [0.29, 0.717) is 28.0 Å². The minimum absolute atomic E-state index is 0.213. The molecule has 2 aromatic rings. The molecule has 1 aromatic carbocycles. The normalized spacial score (nSPS) is 10.1. The number of halogens is 1. The van der Waals surface area contributed by atoms with Gasteiger partial charge in [0.2, 0.25) is 11.9 Å². The summed E-state index contributed by atoms with van der Waals surface area (Å²) in [6.07, 6.45) is 0. The molecule has 0 saturated heterocycles. The maximum atomic E-state index is 12.4. The maximum Gasteiger partial charge on any atom is 0.274 e. The van der Waals surface area contributed by atoms with Crippen molar-refractivity contribution in [2.75, 3.05) is 23.0 Å². The number of hydrogen-bond acceptors (Lipinski definition) is 5. The molecular weight excluding hydrogens is 318 g/mol. The minimum Gasteiger partial charge on any atom is -0.357 e. The average molecular weight is 334 g/mol. The van der Waals surface area contributed by atoms with E-state index in [0.717, 1.165) is 0 Å². The molecule has 1 heterocycles. The van der Waals surface area contributed by atoms with E-state index in [-0.39, 0.29) is 11.6 Å². The fourth-order valence-electron chi connectivity index (χ4n) is 1.90. The Bertz CT molecular complexity index is 764. The van der Waals surface area contributed by atoms with Gasteiger partial charge in [0.15, 0.2) is 0 Å². The number of benzene rings is 1. The average Bonchev–Trinajstić information content (AvgIpc) is 2.48. The van der Waals surface area contributed by atoms with Crippen molar-refractivity contribution in [2.45, 2.75) is 13.8 Å². The van der Waals surface area contributed by atoms with Gasteiger partial charge in [0.25, 0.3) is 5.91 Å². The third-order valence-electron chi connectivity index (χ3n) is 2.85. The number of nitrogens with zero attached hydrogens (tertiary/aromatic N) is 2. The Morgan fingerprint density at radius 2 is 1.83 bits per heavy atom. The van der Waals surface area contributed by atoms with Crippen molar-refractivity contribution >= 4 is 40.7 Å². The second-order valence-corrected chi connectivity index (χ2v) is 5.23. The van der Waals surface area contributed by atoms with Crippen molar-refractivity contribution in [3.63, 3.8) is 0 Å². The Labute approximate surface area is 138 Å². The molecule has 2 rings (SSSR count). The van der Waals surface area contributed by atoms with Crippen molar-refractivity contribution in [1.82, 2.24) is 9.97 Å². The zero-order chi connectivity index (χ0) is 17.0. The highest BCUT2D eigenvalue weighted by atomic mass is 35.5. The van der Waals surface area contributed by atoms with E-state index in [2.05, 4.69) is 25.9 Å². The molecule has 0 spiro atoms. The Hall–Kier alpha value is -2.67. The first kappa shape index (κ1) is 16.7. The number of carbonyl (C=O) groups is 2. The summed E-state index contributed by atoms with van der Waals surface area (Å²) in [6.45, 7) is 3.14. The number of aromatic nitrogens is 2. The summed E-state index contributed by atoms with van der Waals surface area (Å²) < 4.78 is 0. The standard InChI is InChI=1S/C15H16ClN5O2/c1-8-6-13(21-15(17-3)18-8)14(23)20-11-5-4-10(16)7-12(11)19-9(2)22/h4-7H,1-3H3,(H,19,22)(H,20,23)(H,17,18,21). The summed E-state index contributed by atoms with van der Waals surface area (Å²) in [5.41, 5.74) is 1.72. The quantitative estimate of drug-likeness (QED) is 0.799. The van der Waals surface area contributed by atoms with E-state index in [4.69, 9.17) is 11.6 Å². The summed E-state index contributed by atoms with van der Waals surface area (Å²) in [4.78, 5) is 31.9. The zero-order valence-corrected chi connectivity index (χ0v) is 13.7. The van der Waals surface area contributed by atoms with Crippen LogP contribution in [0.25, 0.3) is 0 Å². The van der Waals surface area contributed by atoms with E-state index in [9.17, 15) is 9.59 Å². The number of rotatable bonds is 4. The van der Waals surface area contributed by atoms with Crippen molar-refractivity contribution in [3.05, 3.63) is 40.7 Å². The second kappa shape index (κ2) is 7.06. The number of hydrogen-bond donors (Lipinski definition) is 3. The summed E-state index contributed by atoms with van der Waals surface area (Å²) in [5, 5.41) is 8.57. The number of aryl methyl sites for hydroxylation is 1. The molecule has 0 aliphatic carbocycles. The van der Waals surface area contributed by atoms with E-state index >= 15 is 0 Å². The molecule has 0 radical (unpaired) electrons. The molecule has 0 unspecified atom stereocenters. The molecule has 0 fully saturated rings. The van der Waals surface area contributed by atoms with Crippen LogP contribution in [0.4, 0.5) is 17.3 Å². The number of carbonyl (C=O) groups excluding carboxylic acids is 2. The lowest BCUT2D eigenvalue weighted by Gasteiger charge is -2.12. The molecule has 0 aliphatic heterocycles. The highest BCUT2D eigenvalue weighted by Gasteiger charge is 2.13. The van der Waals surface area contributed by atoms with Gasteiger partial charge in [-0.1, -0.05) is 11.6 Å². The van der Waals surface area contributed by atoms with Gasteiger partial charge >= 0.3 is 0 Å². The Balaban J connectivity index is 2.30. The first-order chi connectivity index (χ1) is 10.9. The van der Waals surface area contributed by atoms with Gasteiger partial charge in [-0.05, 0) is 31.2 Å². The third kappa shape index (κ3) is 4.40. The molecular formula is C15H16ClN5O2. The zero-order valence-electron chi connectivity index (χ0n) is 12.9. The first-order valence-electron chi connectivity index (χ1n) is 6.81. The van der Waals surface area contributed by atoms with Crippen molar-refractivity contribution < 1.29 is 9.59 Å². The highest BCUT2D eigenvalue weighted by molar-refractivity contribution is 6.31. The van der Waals surface area contributed by atoms with Gasteiger partial charge in [0.1, 0.15) is 5.69 Å². The van der Waals surface area contributed by atoms with Crippen LogP contribution in [0.5, 0.6) is 0 Å². The van der Waals surface area contributed by atoms with Gasteiger partial charge in [-0.15, -0.1) is 0 Å². The van der Waals surface area contributed by atoms with Crippen LogP contribution in [-0.2, 0) is 4.79 Å².